The van der Waals surface area contributed by atoms with Gasteiger partial charge in [-0.1, -0.05) is 13.8 Å². The van der Waals surface area contributed by atoms with E-state index in [1.54, 1.807) is 27.7 Å². The van der Waals surface area contributed by atoms with Gasteiger partial charge in [-0.05, 0) is 53.9 Å². The van der Waals surface area contributed by atoms with Crippen LogP contribution in [-0.2, 0) is 51.0 Å². The van der Waals surface area contributed by atoms with Gasteiger partial charge in [-0.25, -0.2) is 0 Å². The van der Waals surface area contributed by atoms with Crippen LogP contribution in [-0.4, -0.2) is 157 Å². The van der Waals surface area contributed by atoms with E-state index in [1.165, 1.54) is 13.8 Å². The standard InChI is InChI=1S/C30H57O18P3/c1-13(2)9-19-28(24(32)16(6)42-19)46-50(37,38)11-21-30(26(34)18(8)44-21)48-51(39,40)12-22-29(25(33)17(7)45-22)47-49(35,36)10-20-27(41-14(3)4)23(31)15(5)43-20/h13-34H,9-12H2,1-8H3,(H,35,36)(H,37,38)(H,39,40)/t15-,16-,17-,18-,19+,20+,21+,22+,23+,24+,25+,26+,27?,28?,29?,30?/m0/s1. The van der Waals surface area contributed by atoms with E-state index in [2.05, 4.69) is 0 Å². The van der Waals surface area contributed by atoms with Crippen molar-refractivity contribution >= 4 is 22.8 Å². The summed E-state index contributed by atoms with van der Waals surface area (Å²) < 4.78 is 85.2. The Morgan fingerprint density at radius 3 is 1.10 bits per heavy atom. The molecule has 7 unspecified atom stereocenters. The minimum absolute atomic E-state index is 0.125. The van der Waals surface area contributed by atoms with Crippen molar-refractivity contribution in [2.24, 2.45) is 5.92 Å². The van der Waals surface area contributed by atoms with Gasteiger partial charge in [-0.15, -0.1) is 0 Å². The molecule has 0 bridgehead atoms. The van der Waals surface area contributed by atoms with Crippen LogP contribution in [0, 0.1) is 5.92 Å². The third-order valence-corrected chi connectivity index (χ3v) is 13.7. The van der Waals surface area contributed by atoms with Crippen molar-refractivity contribution in [3.05, 3.63) is 0 Å². The summed E-state index contributed by atoms with van der Waals surface area (Å²) in [5.41, 5.74) is 0. The van der Waals surface area contributed by atoms with Crippen molar-refractivity contribution in [2.45, 2.75) is 166 Å². The molecule has 7 N–H and O–H groups in total. The summed E-state index contributed by atoms with van der Waals surface area (Å²) in [5, 5.41) is 42.7. The molecule has 0 amide bonds. The highest BCUT2D eigenvalue weighted by molar-refractivity contribution is 7.53. The van der Waals surface area contributed by atoms with Crippen LogP contribution in [0.3, 0.4) is 0 Å². The Bertz CT molecular complexity index is 1300. The van der Waals surface area contributed by atoms with Gasteiger partial charge in [-0.3, -0.25) is 27.3 Å². The minimum atomic E-state index is -4.84. The first-order valence-corrected chi connectivity index (χ1v) is 22.7. The molecule has 4 fully saturated rings. The highest BCUT2D eigenvalue weighted by atomic mass is 31.2. The summed E-state index contributed by atoms with van der Waals surface area (Å²) in [6, 6.07) is 0. The molecular weight excluding hydrogens is 741 g/mol. The number of ether oxygens (including phenoxy) is 5. The maximum Gasteiger partial charge on any atom is 0.331 e. The fraction of sp³-hybridized carbons (Fsp3) is 1.00. The van der Waals surface area contributed by atoms with Crippen LogP contribution in [0.1, 0.15) is 61.8 Å². The molecule has 4 heterocycles. The predicted octanol–water partition coefficient (Wildman–Crippen LogP) is 1.13. The number of aliphatic hydroxyl groups is 4. The molecule has 0 aliphatic carbocycles. The summed E-state index contributed by atoms with van der Waals surface area (Å²) >= 11 is 0. The normalized spacial score (nSPS) is 45.4. The van der Waals surface area contributed by atoms with Crippen molar-refractivity contribution in [2.75, 3.05) is 18.5 Å². The zero-order chi connectivity index (χ0) is 38.4. The molecule has 0 spiro atoms. The van der Waals surface area contributed by atoms with Crippen molar-refractivity contribution < 1.29 is 86.1 Å². The van der Waals surface area contributed by atoms with Crippen molar-refractivity contribution in [1.82, 2.24) is 0 Å². The van der Waals surface area contributed by atoms with E-state index in [4.69, 9.17) is 37.3 Å². The Kier molecular flexibility index (Phi) is 14.7. The monoisotopic (exact) mass is 798 g/mol. The Labute approximate surface area is 298 Å². The van der Waals surface area contributed by atoms with E-state index >= 15 is 0 Å². The molecule has 0 aromatic heterocycles. The lowest BCUT2D eigenvalue weighted by atomic mass is 10.00. The molecule has 4 saturated heterocycles. The minimum Gasteiger partial charge on any atom is -0.388 e. The van der Waals surface area contributed by atoms with E-state index < -0.39 is 139 Å². The number of hydrogen-bond donors (Lipinski definition) is 7. The molecule has 18 nitrogen and oxygen atoms in total. The Hall–Kier alpha value is 0.0900. The Balaban J connectivity index is 1.43. The van der Waals surface area contributed by atoms with Crippen LogP contribution < -0.4 is 0 Å². The van der Waals surface area contributed by atoms with Gasteiger partial charge in [0.05, 0.1) is 73.4 Å². The second-order valence-electron chi connectivity index (χ2n) is 14.9. The quantitative estimate of drug-likeness (QED) is 0.108. The average Bonchev–Trinajstić information content (AvgIpc) is 3.58. The van der Waals surface area contributed by atoms with Gasteiger partial charge in [0.2, 0.25) is 0 Å². The molecule has 4 aliphatic heterocycles. The summed E-state index contributed by atoms with van der Waals surface area (Å²) in [4.78, 5) is 32.7. The second-order valence-corrected chi connectivity index (χ2v) is 20.5. The van der Waals surface area contributed by atoms with E-state index in [1.807, 2.05) is 13.8 Å². The highest BCUT2D eigenvalue weighted by Gasteiger charge is 2.54. The first-order valence-electron chi connectivity index (χ1n) is 17.4. The molecule has 21 heteroatoms. The largest absolute Gasteiger partial charge is 0.388 e. The lowest BCUT2D eigenvalue weighted by Crippen LogP contribution is -2.40. The first kappa shape index (κ1) is 43.8. The van der Waals surface area contributed by atoms with Gasteiger partial charge in [0.25, 0.3) is 0 Å². The zero-order valence-electron chi connectivity index (χ0n) is 30.2. The van der Waals surface area contributed by atoms with Crippen LogP contribution in [0.4, 0.5) is 0 Å². The molecule has 300 valence electrons. The Morgan fingerprint density at radius 1 is 0.510 bits per heavy atom. The molecule has 4 aliphatic rings. The maximum absolute atomic E-state index is 13.6. The summed E-state index contributed by atoms with van der Waals surface area (Å²) in [5.74, 6) is 0.125. The lowest BCUT2D eigenvalue weighted by Gasteiger charge is -2.29. The van der Waals surface area contributed by atoms with Crippen LogP contribution in [0.5, 0.6) is 0 Å². The Morgan fingerprint density at radius 2 is 0.784 bits per heavy atom. The molecule has 19 atom stereocenters. The highest BCUT2D eigenvalue weighted by Crippen LogP contribution is 2.55. The van der Waals surface area contributed by atoms with Crippen molar-refractivity contribution in [1.29, 1.82) is 0 Å². The van der Waals surface area contributed by atoms with E-state index in [-0.39, 0.29) is 12.0 Å². The molecule has 0 aromatic rings. The second kappa shape index (κ2) is 17.1. The fourth-order valence-corrected chi connectivity index (χ4v) is 11.5. The lowest BCUT2D eigenvalue weighted by molar-refractivity contribution is -0.0620. The summed E-state index contributed by atoms with van der Waals surface area (Å²) in [6.45, 7) is 13.4. The number of hydrogen-bond acceptors (Lipinski definition) is 15. The van der Waals surface area contributed by atoms with Gasteiger partial charge in [0, 0.05) is 0 Å². The van der Waals surface area contributed by atoms with Gasteiger partial charge < -0.3 is 58.8 Å². The molecular formula is C30H57O18P3. The SMILES string of the molecule is CC(C)C[C@H]1O[C@@H](C)[C@@H](O)C1OP(=O)(O)C[C@H]1O[C@@H](C)[C@@H](O)C1OP(=O)(O)C[C@H]1O[C@@H](C)[C@@H](O)C1OP(=O)(O)C[C@H]1O[C@@H](C)[C@@H](O)C1OC(C)C. The van der Waals surface area contributed by atoms with Crippen molar-refractivity contribution in [3.8, 4) is 0 Å². The smallest absolute Gasteiger partial charge is 0.331 e. The van der Waals surface area contributed by atoms with Gasteiger partial charge in [-0.2, -0.15) is 0 Å². The predicted molar refractivity (Wildman–Crippen MR) is 180 cm³/mol. The molecule has 4 rings (SSSR count). The third kappa shape index (κ3) is 11.1. The third-order valence-electron chi connectivity index (χ3n) is 9.52. The average molecular weight is 799 g/mol. The van der Waals surface area contributed by atoms with E-state index in [0.29, 0.717) is 6.42 Å². The molecule has 0 radical (unpaired) electrons. The van der Waals surface area contributed by atoms with Gasteiger partial charge in [0.15, 0.2) is 0 Å². The maximum atomic E-state index is 13.6. The van der Waals surface area contributed by atoms with Crippen LogP contribution in [0.25, 0.3) is 0 Å². The van der Waals surface area contributed by atoms with Crippen LogP contribution in [0.15, 0.2) is 0 Å². The van der Waals surface area contributed by atoms with Gasteiger partial charge >= 0.3 is 22.8 Å². The topological polar surface area (TPSA) is 267 Å². The molecule has 51 heavy (non-hydrogen) atoms. The number of rotatable bonds is 16. The van der Waals surface area contributed by atoms with E-state index in [0.717, 1.165) is 0 Å². The van der Waals surface area contributed by atoms with E-state index in [9.17, 15) is 48.8 Å². The molecule has 0 aromatic carbocycles. The first-order chi connectivity index (χ1) is 23.4. The fourth-order valence-electron chi connectivity index (χ4n) is 7.03. The molecule has 0 saturated carbocycles. The summed E-state index contributed by atoms with van der Waals surface area (Å²) in [6.07, 6.45) is -20.6. The zero-order valence-corrected chi connectivity index (χ0v) is 32.9. The van der Waals surface area contributed by atoms with Gasteiger partial charge in [0.1, 0.15) is 48.8 Å². The number of aliphatic hydroxyl groups excluding tert-OH is 4. The van der Waals surface area contributed by atoms with Crippen LogP contribution in [0.2, 0.25) is 0 Å². The van der Waals surface area contributed by atoms with Crippen LogP contribution >= 0.6 is 22.8 Å². The van der Waals surface area contributed by atoms with Crippen molar-refractivity contribution in [3.63, 3.8) is 0 Å². The summed E-state index contributed by atoms with van der Waals surface area (Å²) in [7, 11) is -14.1.